The van der Waals surface area contributed by atoms with E-state index in [4.69, 9.17) is 9.47 Å². The van der Waals surface area contributed by atoms with Crippen LogP contribution in [0, 0.1) is 5.41 Å². The van der Waals surface area contributed by atoms with E-state index in [2.05, 4.69) is 43.5 Å². The zero-order chi connectivity index (χ0) is 19.5. The highest BCUT2D eigenvalue weighted by Gasteiger charge is 2.51. The molecule has 0 radical (unpaired) electrons. The maximum atomic E-state index is 13.1. The number of rotatable bonds is 3. The second kappa shape index (κ2) is 5.90. The third-order valence-corrected chi connectivity index (χ3v) is 6.27. The molecule has 2 heterocycles. The molecule has 28 heavy (non-hydrogen) atoms. The van der Waals surface area contributed by atoms with Gasteiger partial charge < -0.3 is 20.1 Å². The predicted octanol–water partition coefficient (Wildman–Crippen LogP) is 4.47. The minimum Gasteiger partial charge on any atom is -0.454 e. The van der Waals surface area contributed by atoms with Crippen LogP contribution in [0.15, 0.2) is 36.4 Å². The number of carbonyl (C=O) groups excluding carboxylic acids is 1. The number of hydrogen-bond donors (Lipinski definition) is 2. The lowest BCUT2D eigenvalue weighted by atomic mass is 9.85. The molecule has 2 aliphatic heterocycles. The Morgan fingerprint density at radius 1 is 1.11 bits per heavy atom. The number of fused-ring (bicyclic) bond motifs is 2. The average molecular weight is 378 g/mol. The van der Waals surface area contributed by atoms with Gasteiger partial charge in [-0.15, -0.1) is 0 Å². The van der Waals surface area contributed by atoms with Gasteiger partial charge in [0.2, 0.25) is 12.7 Å². The Morgan fingerprint density at radius 3 is 2.64 bits per heavy atom. The molecular formula is C23H26N2O3. The van der Waals surface area contributed by atoms with Gasteiger partial charge in [-0.3, -0.25) is 4.79 Å². The summed E-state index contributed by atoms with van der Waals surface area (Å²) >= 11 is 0. The lowest BCUT2D eigenvalue weighted by molar-refractivity contribution is -0.118. The molecule has 0 aromatic heterocycles. The molecule has 1 amide bonds. The average Bonchev–Trinajstić information content (AvgIpc) is 3.13. The fourth-order valence-electron chi connectivity index (χ4n) is 4.18. The topological polar surface area (TPSA) is 59.6 Å². The molecule has 0 saturated heterocycles. The van der Waals surface area contributed by atoms with Crippen molar-refractivity contribution in [3.05, 3.63) is 47.5 Å². The molecule has 1 unspecified atom stereocenters. The summed E-state index contributed by atoms with van der Waals surface area (Å²) in [5.41, 5.74) is 4.06. The lowest BCUT2D eigenvalue weighted by Crippen LogP contribution is -2.31. The molecule has 0 spiro atoms. The van der Waals surface area contributed by atoms with Crippen molar-refractivity contribution in [2.24, 2.45) is 5.41 Å². The van der Waals surface area contributed by atoms with Gasteiger partial charge in [-0.2, -0.15) is 0 Å². The highest BCUT2D eigenvalue weighted by molar-refractivity contribution is 6.01. The number of nitrogens with one attached hydrogen (secondary N) is 2. The zero-order valence-electron chi connectivity index (χ0n) is 16.6. The van der Waals surface area contributed by atoms with Crippen LogP contribution < -0.4 is 20.1 Å². The third kappa shape index (κ3) is 2.81. The summed E-state index contributed by atoms with van der Waals surface area (Å²) in [6.45, 7) is 7.00. The number of anilines is 2. The van der Waals surface area contributed by atoms with E-state index >= 15 is 0 Å². The molecule has 1 aliphatic carbocycles. The first kappa shape index (κ1) is 17.4. The van der Waals surface area contributed by atoms with Crippen LogP contribution in [0.2, 0.25) is 0 Å². The van der Waals surface area contributed by atoms with Gasteiger partial charge in [0.25, 0.3) is 0 Å². The van der Waals surface area contributed by atoms with Crippen LogP contribution in [-0.4, -0.2) is 18.7 Å². The monoisotopic (exact) mass is 378 g/mol. The van der Waals surface area contributed by atoms with E-state index in [-0.39, 0.29) is 18.1 Å². The third-order valence-electron chi connectivity index (χ3n) is 6.27. The highest BCUT2D eigenvalue weighted by Crippen LogP contribution is 2.51. The fourth-order valence-corrected chi connectivity index (χ4v) is 4.18. The van der Waals surface area contributed by atoms with Crippen molar-refractivity contribution in [1.29, 1.82) is 0 Å². The van der Waals surface area contributed by atoms with Crippen molar-refractivity contribution >= 4 is 17.3 Å². The van der Waals surface area contributed by atoms with Gasteiger partial charge >= 0.3 is 0 Å². The van der Waals surface area contributed by atoms with Crippen molar-refractivity contribution in [3.63, 3.8) is 0 Å². The smallest absolute Gasteiger partial charge is 0.235 e. The van der Waals surface area contributed by atoms with Gasteiger partial charge in [-0.25, -0.2) is 0 Å². The SMILES string of the molecule is CC(C)(C)C1Cc2cc(NC(=O)C3(c4ccc5c(c4)OCO5)CC3)ccc2N1. The second-order valence-electron chi connectivity index (χ2n) is 9.24. The number of benzene rings is 2. The van der Waals surface area contributed by atoms with Gasteiger partial charge in [0.05, 0.1) is 5.41 Å². The van der Waals surface area contributed by atoms with Crippen LogP contribution in [0.3, 0.4) is 0 Å². The molecule has 3 aliphatic rings. The zero-order valence-corrected chi connectivity index (χ0v) is 16.6. The molecule has 0 bridgehead atoms. The Balaban J connectivity index is 1.34. The molecule has 1 saturated carbocycles. The molecule has 1 fully saturated rings. The Bertz CT molecular complexity index is 957. The van der Waals surface area contributed by atoms with Crippen LogP contribution in [0.4, 0.5) is 11.4 Å². The quantitative estimate of drug-likeness (QED) is 0.827. The minimum absolute atomic E-state index is 0.0599. The van der Waals surface area contributed by atoms with E-state index in [9.17, 15) is 4.79 Å². The summed E-state index contributed by atoms with van der Waals surface area (Å²) in [5.74, 6) is 1.54. The summed E-state index contributed by atoms with van der Waals surface area (Å²) in [7, 11) is 0. The first-order valence-electron chi connectivity index (χ1n) is 9.96. The van der Waals surface area contributed by atoms with Crippen LogP contribution in [0.5, 0.6) is 11.5 Å². The van der Waals surface area contributed by atoms with Crippen molar-refractivity contribution in [1.82, 2.24) is 0 Å². The van der Waals surface area contributed by atoms with E-state index in [1.165, 1.54) is 11.3 Å². The van der Waals surface area contributed by atoms with Crippen molar-refractivity contribution in [2.45, 2.75) is 51.5 Å². The molecule has 2 aromatic carbocycles. The highest BCUT2D eigenvalue weighted by atomic mass is 16.7. The molecule has 5 nitrogen and oxygen atoms in total. The summed E-state index contributed by atoms with van der Waals surface area (Å²) in [6, 6.07) is 12.4. The standard InChI is InChI=1S/C23H26N2O3/c1-22(2,3)20-11-14-10-16(5-6-17(14)25-20)24-21(26)23(8-9-23)15-4-7-18-19(12-15)28-13-27-18/h4-7,10,12,20,25H,8-9,11,13H2,1-3H3,(H,24,26). The Hall–Kier alpha value is -2.69. The van der Waals surface area contributed by atoms with Crippen molar-refractivity contribution in [3.8, 4) is 11.5 Å². The number of ether oxygens (including phenoxy) is 2. The maximum Gasteiger partial charge on any atom is 0.235 e. The number of hydrogen-bond acceptors (Lipinski definition) is 4. The number of carbonyl (C=O) groups is 1. The van der Waals surface area contributed by atoms with Crippen LogP contribution >= 0.6 is 0 Å². The molecular weight excluding hydrogens is 352 g/mol. The van der Waals surface area contributed by atoms with Gasteiger partial charge in [-0.05, 0) is 66.1 Å². The van der Waals surface area contributed by atoms with Gasteiger partial charge in [0, 0.05) is 17.4 Å². The first-order chi connectivity index (χ1) is 13.3. The van der Waals surface area contributed by atoms with Gasteiger partial charge in [-0.1, -0.05) is 26.8 Å². The molecule has 5 rings (SSSR count). The van der Waals surface area contributed by atoms with E-state index in [1.807, 2.05) is 24.3 Å². The fraction of sp³-hybridized carbons (Fsp3) is 0.435. The Kier molecular flexibility index (Phi) is 3.67. The van der Waals surface area contributed by atoms with E-state index in [0.29, 0.717) is 6.04 Å². The summed E-state index contributed by atoms with van der Waals surface area (Å²) in [5, 5.41) is 6.76. The maximum absolute atomic E-state index is 13.1. The normalized spacial score (nSPS) is 21.0. The summed E-state index contributed by atoms with van der Waals surface area (Å²) in [6.07, 6.45) is 2.70. The van der Waals surface area contributed by atoms with Gasteiger partial charge in [0.15, 0.2) is 11.5 Å². The van der Waals surface area contributed by atoms with E-state index in [1.54, 1.807) is 0 Å². The second-order valence-corrected chi connectivity index (χ2v) is 9.24. The Morgan fingerprint density at radius 2 is 1.89 bits per heavy atom. The van der Waals surface area contributed by atoms with Crippen LogP contribution in [0.1, 0.15) is 44.7 Å². The summed E-state index contributed by atoms with van der Waals surface area (Å²) in [4.78, 5) is 13.1. The first-order valence-corrected chi connectivity index (χ1v) is 9.96. The van der Waals surface area contributed by atoms with Gasteiger partial charge in [0.1, 0.15) is 0 Å². The van der Waals surface area contributed by atoms with E-state index in [0.717, 1.165) is 42.0 Å². The minimum atomic E-state index is -0.452. The summed E-state index contributed by atoms with van der Waals surface area (Å²) < 4.78 is 10.9. The molecule has 1 atom stereocenters. The van der Waals surface area contributed by atoms with E-state index < -0.39 is 5.41 Å². The molecule has 5 heteroatoms. The molecule has 146 valence electrons. The predicted molar refractivity (Wildman–Crippen MR) is 109 cm³/mol. The van der Waals surface area contributed by atoms with Crippen molar-refractivity contribution < 1.29 is 14.3 Å². The largest absolute Gasteiger partial charge is 0.454 e. The van der Waals surface area contributed by atoms with Crippen LogP contribution in [-0.2, 0) is 16.6 Å². The molecule has 2 aromatic rings. The lowest BCUT2D eigenvalue weighted by Gasteiger charge is -2.27. The number of amides is 1. The Labute approximate surface area is 165 Å². The van der Waals surface area contributed by atoms with Crippen LogP contribution in [0.25, 0.3) is 0 Å². The van der Waals surface area contributed by atoms with Crippen molar-refractivity contribution in [2.75, 3.05) is 17.4 Å². The molecule has 2 N–H and O–H groups in total.